The van der Waals surface area contributed by atoms with Crippen molar-refractivity contribution in [3.63, 3.8) is 0 Å². The Morgan fingerprint density at radius 3 is 2.58 bits per heavy atom. The highest BCUT2D eigenvalue weighted by Crippen LogP contribution is 2.38. The summed E-state index contributed by atoms with van der Waals surface area (Å²) in [5.41, 5.74) is 0.635. The van der Waals surface area contributed by atoms with Crippen molar-refractivity contribution < 1.29 is 9.21 Å². The lowest BCUT2D eigenvalue weighted by molar-refractivity contribution is -0.119. The predicted octanol–water partition coefficient (Wildman–Crippen LogP) is 1.98. The second kappa shape index (κ2) is 5.28. The van der Waals surface area contributed by atoms with Crippen LogP contribution in [0.4, 0.5) is 5.82 Å². The van der Waals surface area contributed by atoms with Crippen molar-refractivity contribution in [2.75, 3.05) is 5.32 Å². The number of benzene rings is 1. The highest BCUT2D eigenvalue weighted by molar-refractivity contribution is 5.97. The lowest BCUT2D eigenvalue weighted by Crippen LogP contribution is -2.35. The summed E-state index contributed by atoms with van der Waals surface area (Å²) in [6.45, 7) is 0. The number of amides is 1. The van der Waals surface area contributed by atoms with Crippen molar-refractivity contribution in [3.05, 3.63) is 70.4 Å². The van der Waals surface area contributed by atoms with Crippen LogP contribution < -0.4 is 10.9 Å². The van der Waals surface area contributed by atoms with Gasteiger partial charge in [-0.3, -0.25) is 14.7 Å². The van der Waals surface area contributed by atoms with Crippen LogP contribution >= 0.6 is 0 Å². The summed E-state index contributed by atoms with van der Waals surface area (Å²) in [5, 5.41) is 14.9. The topological polar surface area (TPSA) is 104 Å². The fraction of sp³-hybridized carbons (Fsp3) is 0.118. The summed E-state index contributed by atoms with van der Waals surface area (Å²) in [4.78, 5) is 25.2. The molecule has 1 amide bonds. The Bertz CT molecular complexity index is 993. The van der Waals surface area contributed by atoms with Crippen LogP contribution in [0, 0.1) is 17.2 Å². The number of carbonyl (C=O) groups excluding carboxylic acids is 1. The van der Waals surface area contributed by atoms with E-state index in [2.05, 4.69) is 10.4 Å². The minimum absolute atomic E-state index is 0.293. The van der Waals surface area contributed by atoms with Gasteiger partial charge in [-0.15, -0.1) is 0 Å². The first-order chi connectivity index (χ1) is 11.7. The monoisotopic (exact) mass is 320 g/mol. The van der Waals surface area contributed by atoms with Gasteiger partial charge >= 0.3 is 0 Å². The molecule has 1 aliphatic rings. The number of hydrogen-bond acceptors (Lipinski definition) is 4. The molecule has 1 aliphatic heterocycles. The smallest absolute Gasteiger partial charge is 0.277 e. The molecule has 7 nitrogen and oxygen atoms in total. The fourth-order valence-electron chi connectivity index (χ4n) is 3.02. The second-order valence-corrected chi connectivity index (χ2v) is 5.47. The van der Waals surface area contributed by atoms with E-state index in [1.165, 1.54) is 10.9 Å². The van der Waals surface area contributed by atoms with Crippen LogP contribution in [0.5, 0.6) is 0 Å². The Kier molecular flexibility index (Phi) is 3.10. The molecule has 1 aromatic carbocycles. The van der Waals surface area contributed by atoms with Crippen LogP contribution in [-0.2, 0) is 4.79 Å². The van der Waals surface area contributed by atoms with E-state index < -0.39 is 17.7 Å². The van der Waals surface area contributed by atoms with E-state index in [0.29, 0.717) is 22.8 Å². The van der Waals surface area contributed by atoms with Gasteiger partial charge in [-0.1, -0.05) is 18.2 Å². The summed E-state index contributed by atoms with van der Waals surface area (Å²) in [5.74, 6) is -1.54. The largest absolute Gasteiger partial charge is 0.469 e. The first kappa shape index (κ1) is 14.1. The number of fused-ring (bicyclic) bond motifs is 1. The number of aromatic nitrogens is 2. The Morgan fingerprint density at radius 2 is 1.92 bits per heavy atom. The maximum atomic E-state index is 12.9. The van der Waals surface area contributed by atoms with E-state index in [1.54, 1.807) is 24.3 Å². The summed E-state index contributed by atoms with van der Waals surface area (Å²) in [6, 6.07) is 14.3. The zero-order valence-electron chi connectivity index (χ0n) is 12.4. The maximum Gasteiger partial charge on any atom is 0.277 e. The Balaban J connectivity index is 1.95. The lowest BCUT2D eigenvalue weighted by atomic mass is 9.83. The highest BCUT2D eigenvalue weighted by Gasteiger charge is 2.42. The van der Waals surface area contributed by atoms with Crippen LogP contribution in [-0.4, -0.2) is 15.7 Å². The number of H-pyrrole nitrogens is 1. The van der Waals surface area contributed by atoms with Gasteiger partial charge in [0.25, 0.3) is 5.56 Å². The van der Waals surface area contributed by atoms with Crippen LogP contribution in [0.1, 0.15) is 17.2 Å². The third kappa shape index (κ3) is 1.97. The van der Waals surface area contributed by atoms with E-state index in [0.717, 1.165) is 0 Å². The van der Waals surface area contributed by atoms with Crippen molar-refractivity contribution in [2.45, 2.75) is 5.92 Å². The third-order valence-electron chi connectivity index (χ3n) is 4.10. The molecule has 0 bridgehead atoms. The van der Waals surface area contributed by atoms with Crippen molar-refractivity contribution in [1.29, 1.82) is 5.26 Å². The number of anilines is 1. The standard InChI is InChI=1S/C17H12N4O3/c18-9-11-13(12-7-4-8-24-12)14-15(19-16(11)22)20-21(17(14)23)10-5-2-1-3-6-10/h1-8,11,13,20H,(H,19,22)/t11-,13+/m0/s1. The molecule has 2 atom stereocenters. The molecular weight excluding hydrogens is 308 g/mol. The second-order valence-electron chi connectivity index (χ2n) is 5.47. The summed E-state index contributed by atoms with van der Waals surface area (Å²) in [6.07, 6.45) is 1.46. The molecule has 4 rings (SSSR count). The molecule has 0 saturated heterocycles. The van der Waals surface area contributed by atoms with E-state index in [1.807, 2.05) is 24.3 Å². The molecule has 0 aliphatic carbocycles. The molecule has 0 spiro atoms. The minimum atomic E-state index is -1.03. The molecule has 2 aromatic heterocycles. The minimum Gasteiger partial charge on any atom is -0.469 e. The number of carbonyl (C=O) groups is 1. The van der Waals surface area contributed by atoms with Crippen molar-refractivity contribution in [3.8, 4) is 11.8 Å². The summed E-state index contributed by atoms with van der Waals surface area (Å²) in [7, 11) is 0. The van der Waals surface area contributed by atoms with E-state index >= 15 is 0 Å². The van der Waals surface area contributed by atoms with Gasteiger partial charge in [0.1, 0.15) is 17.5 Å². The van der Waals surface area contributed by atoms with Gasteiger partial charge in [-0.25, -0.2) is 4.68 Å². The van der Waals surface area contributed by atoms with E-state index in [9.17, 15) is 14.9 Å². The van der Waals surface area contributed by atoms with Crippen molar-refractivity contribution in [2.24, 2.45) is 5.92 Å². The Hall–Kier alpha value is -3.53. The number of para-hydroxylation sites is 1. The molecule has 0 radical (unpaired) electrons. The number of nitrogens with one attached hydrogen (secondary N) is 2. The van der Waals surface area contributed by atoms with Crippen LogP contribution in [0.25, 0.3) is 5.69 Å². The molecule has 2 N–H and O–H groups in total. The summed E-state index contributed by atoms with van der Waals surface area (Å²) < 4.78 is 6.73. The Morgan fingerprint density at radius 1 is 1.12 bits per heavy atom. The van der Waals surface area contributed by atoms with Gasteiger partial charge in [0.15, 0.2) is 0 Å². The SMILES string of the molecule is N#C[C@@H]1C(=O)Nc2[nH]n(-c3ccccc3)c(=O)c2[C@H]1c1ccco1. The molecule has 0 fully saturated rings. The van der Waals surface area contributed by atoms with Gasteiger partial charge < -0.3 is 9.73 Å². The fourth-order valence-corrected chi connectivity index (χ4v) is 3.02. The zero-order chi connectivity index (χ0) is 16.7. The van der Waals surface area contributed by atoms with Crippen LogP contribution in [0.3, 0.4) is 0 Å². The van der Waals surface area contributed by atoms with Gasteiger partial charge in [0.2, 0.25) is 5.91 Å². The normalized spacial score (nSPS) is 19.4. The number of hydrogen-bond donors (Lipinski definition) is 2. The number of rotatable bonds is 2. The molecule has 7 heteroatoms. The number of nitriles is 1. The molecule has 24 heavy (non-hydrogen) atoms. The average Bonchev–Trinajstić information content (AvgIpc) is 3.23. The lowest BCUT2D eigenvalue weighted by Gasteiger charge is -2.23. The number of nitrogens with zero attached hydrogens (tertiary/aromatic N) is 2. The predicted molar refractivity (Wildman–Crippen MR) is 84.7 cm³/mol. The molecular formula is C17H12N4O3. The van der Waals surface area contributed by atoms with Gasteiger partial charge in [0, 0.05) is 0 Å². The Labute approximate surface area is 136 Å². The van der Waals surface area contributed by atoms with E-state index in [-0.39, 0.29) is 5.56 Å². The maximum absolute atomic E-state index is 12.9. The number of aromatic amines is 1. The average molecular weight is 320 g/mol. The van der Waals surface area contributed by atoms with Crippen molar-refractivity contribution >= 4 is 11.7 Å². The van der Waals surface area contributed by atoms with Gasteiger partial charge in [-0.05, 0) is 24.3 Å². The third-order valence-corrected chi connectivity index (χ3v) is 4.10. The quantitative estimate of drug-likeness (QED) is 0.753. The molecule has 0 unspecified atom stereocenters. The van der Waals surface area contributed by atoms with Crippen molar-refractivity contribution in [1.82, 2.24) is 9.78 Å². The number of furan rings is 1. The first-order valence-electron chi connectivity index (χ1n) is 7.35. The van der Waals surface area contributed by atoms with Crippen LogP contribution in [0.2, 0.25) is 0 Å². The van der Waals surface area contributed by atoms with Crippen LogP contribution in [0.15, 0.2) is 57.9 Å². The molecule has 3 aromatic rings. The first-order valence-corrected chi connectivity index (χ1v) is 7.35. The molecule has 118 valence electrons. The molecule has 0 saturated carbocycles. The zero-order valence-corrected chi connectivity index (χ0v) is 12.4. The highest BCUT2D eigenvalue weighted by atomic mass is 16.3. The summed E-state index contributed by atoms with van der Waals surface area (Å²) >= 11 is 0. The van der Waals surface area contributed by atoms with Gasteiger partial charge in [0.05, 0.1) is 29.5 Å². The van der Waals surface area contributed by atoms with Gasteiger partial charge in [-0.2, -0.15) is 5.26 Å². The van der Waals surface area contributed by atoms with E-state index in [4.69, 9.17) is 4.42 Å². The molecule has 3 heterocycles.